The number of aliphatic hydroxyl groups is 1. The molecule has 0 amide bonds. The molecule has 96 valence electrons. The van der Waals surface area contributed by atoms with E-state index in [9.17, 15) is 4.57 Å². The van der Waals surface area contributed by atoms with Gasteiger partial charge in [-0.05, 0) is 6.42 Å². The average molecular weight is 254 g/mol. The first kappa shape index (κ1) is 14.1. The van der Waals surface area contributed by atoms with Crippen molar-refractivity contribution in [2.75, 3.05) is 46.1 Å². The molecule has 7 nitrogen and oxygen atoms in total. The van der Waals surface area contributed by atoms with Crippen LogP contribution in [0.2, 0.25) is 0 Å². The third kappa shape index (κ3) is 5.91. The van der Waals surface area contributed by atoms with E-state index in [2.05, 4.69) is 9.42 Å². The molecule has 1 rings (SSSR count). The highest BCUT2D eigenvalue weighted by molar-refractivity contribution is 7.46. The van der Waals surface area contributed by atoms with Gasteiger partial charge in [0.25, 0.3) is 0 Å². The SMILES string of the molecule is O=P(O)(O)OCN1CCN(CCCO)CC1. The molecule has 16 heavy (non-hydrogen) atoms. The third-order valence-electron chi connectivity index (χ3n) is 2.51. The summed E-state index contributed by atoms with van der Waals surface area (Å²) >= 11 is 0. The van der Waals surface area contributed by atoms with Crippen molar-refractivity contribution < 1.29 is 24.0 Å². The first-order valence-corrected chi connectivity index (χ1v) is 6.80. The maximum absolute atomic E-state index is 10.5. The van der Waals surface area contributed by atoms with E-state index in [0.717, 1.165) is 39.1 Å². The summed E-state index contributed by atoms with van der Waals surface area (Å²) in [5, 5.41) is 8.68. The highest BCUT2D eigenvalue weighted by atomic mass is 31.2. The fourth-order valence-electron chi connectivity index (χ4n) is 1.59. The zero-order chi connectivity index (χ0) is 12.0. The number of phosphoric ester groups is 1. The standard InChI is InChI=1S/C8H19N2O5P/c11-7-1-2-9-3-5-10(6-4-9)8-15-16(12,13)14/h11H,1-8H2,(H2,12,13,14). The number of phosphoric acid groups is 1. The van der Waals surface area contributed by atoms with Crippen molar-refractivity contribution in [1.82, 2.24) is 9.80 Å². The lowest BCUT2D eigenvalue weighted by Crippen LogP contribution is -2.47. The normalized spacial score (nSPS) is 20.2. The van der Waals surface area contributed by atoms with Crippen LogP contribution in [0.1, 0.15) is 6.42 Å². The monoisotopic (exact) mass is 254 g/mol. The van der Waals surface area contributed by atoms with Gasteiger partial charge in [-0.25, -0.2) is 4.57 Å². The summed E-state index contributed by atoms with van der Waals surface area (Å²) in [4.78, 5) is 21.1. The summed E-state index contributed by atoms with van der Waals surface area (Å²) in [6.07, 6.45) is 0.763. The smallest absolute Gasteiger partial charge is 0.396 e. The Morgan fingerprint density at radius 1 is 1.12 bits per heavy atom. The molecule has 1 aliphatic heterocycles. The largest absolute Gasteiger partial charge is 0.470 e. The van der Waals surface area contributed by atoms with Crippen LogP contribution in [0.4, 0.5) is 0 Å². The van der Waals surface area contributed by atoms with E-state index in [1.165, 1.54) is 0 Å². The van der Waals surface area contributed by atoms with Gasteiger partial charge in [0.15, 0.2) is 0 Å². The first-order valence-electron chi connectivity index (χ1n) is 5.27. The van der Waals surface area contributed by atoms with Gasteiger partial charge >= 0.3 is 7.82 Å². The van der Waals surface area contributed by atoms with Crippen LogP contribution in [-0.4, -0.2) is 70.8 Å². The number of nitrogens with zero attached hydrogens (tertiary/aromatic N) is 2. The van der Waals surface area contributed by atoms with Crippen molar-refractivity contribution >= 4 is 7.82 Å². The zero-order valence-corrected chi connectivity index (χ0v) is 10.1. The highest BCUT2D eigenvalue weighted by Gasteiger charge is 2.20. The summed E-state index contributed by atoms with van der Waals surface area (Å²) in [6.45, 7) is 4.16. The minimum atomic E-state index is -4.35. The molecule has 0 atom stereocenters. The minimum absolute atomic E-state index is 0.0296. The molecule has 0 aromatic heterocycles. The van der Waals surface area contributed by atoms with Gasteiger partial charge in [-0.2, -0.15) is 0 Å². The Kier molecular flexibility index (Phi) is 5.85. The van der Waals surface area contributed by atoms with Crippen LogP contribution in [0.5, 0.6) is 0 Å². The number of aliphatic hydroxyl groups excluding tert-OH is 1. The van der Waals surface area contributed by atoms with Gasteiger partial charge in [0.2, 0.25) is 0 Å². The molecule has 1 saturated heterocycles. The van der Waals surface area contributed by atoms with Gasteiger partial charge in [0.05, 0.1) is 0 Å². The Morgan fingerprint density at radius 2 is 1.69 bits per heavy atom. The van der Waals surface area contributed by atoms with E-state index in [-0.39, 0.29) is 13.3 Å². The second kappa shape index (κ2) is 6.66. The number of hydrogen-bond donors (Lipinski definition) is 3. The molecule has 0 unspecified atom stereocenters. The van der Waals surface area contributed by atoms with Crippen molar-refractivity contribution in [3.05, 3.63) is 0 Å². The summed E-state index contributed by atoms with van der Waals surface area (Å²) < 4.78 is 14.9. The molecule has 0 aromatic rings. The van der Waals surface area contributed by atoms with Gasteiger partial charge in [0, 0.05) is 39.3 Å². The lowest BCUT2D eigenvalue weighted by Gasteiger charge is -2.34. The number of hydrogen-bond acceptors (Lipinski definition) is 5. The van der Waals surface area contributed by atoms with Crippen LogP contribution in [-0.2, 0) is 9.09 Å². The summed E-state index contributed by atoms with van der Waals surface area (Å²) in [5.41, 5.74) is 0. The average Bonchev–Trinajstić information content (AvgIpc) is 2.24. The fourth-order valence-corrected chi connectivity index (χ4v) is 1.91. The van der Waals surface area contributed by atoms with E-state index in [0.29, 0.717) is 0 Å². The van der Waals surface area contributed by atoms with Crippen LogP contribution in [0.25, 0.3) is 0 Å². The van der Waals surface area contributed by atoms with Gasteiger partial charge in [-0.3, -0.25) is 9.42 Å². The van der Waals surface area contributed by atoms with Gasteiger partial charge < -0.3 is 19.8 Å². The van der Waals surface area contributed by atoms with Crippen molar-refractivity contribution in [3.8, 4) is 0 Å². The molecule has 1 fully saturated rings. The Hall–Kier alpha value is -0.0100. The first-order chi connectivity index (χ1) is 7.51. The number of piperazine rings is 1. The minimum Gasteiger partial charge on any atom is -0.396 e. The van der Waals surface area contributed by atoms with Crippen LogP contribution < -0.4 is 0 Å². The van der Waals surface area contributed by atoms with Crippen LogP contribution in [0.3, 0.4) is 0 Å². The highest BCUT2D eigenvalue weighted by Crippen LogP contribution is 2.35. The molecule has 8 heteroatoms. The summed E-state index contributed by atoms with van der Waals surface area (Å²) in [5.74, 6) is 0. The summed E-state index contributed by atoms with van der Waals surface area (Å²) in [7, 11) is -4.35. The Balaban J connectivity index is 2.14. The van der Waals surface area contributed by atoms with E-state index in [1.807, 2.05) is 4.90 Å². The maximum Gasteiger partial charge on any atom is 0.470 e. The van der Waals surface area contributed by atoms with Crippen LogP contribution >= 0.6 is 7.82 Å². The Morgan fingerprint density at radius 3 is 2.19 bits per heavy atom. The molecule has 0 radical (unpaired) electrons. The van der Waals surface area contributed by atoms with Crippen molar-refractivity contribution in [3.63, 3.8) is 0 Å². The molecule has 0 aliphatic carbocycles. The molecular formula is C8H19N2O5P. The van der Waals surface area contributed by atoms with E-state index in [1.54, 1.807) is 0 Å². The molecular weight excluding hydrogens is 235 g/mol. The fraction of sp³-hybridized carbons (Fsp3) is 1.00. The zero-order valence-electron chi connectivity index (χ0n) is 9.16. The Labute approximate surface area is 94.9 Å². The molecule has 1 heterocycles. The predicted octanol–water partition coefficient (Wildman–Crippen LogP) is -0.947. The molecule has 0 aromatic carbocycles. The van der Waals surface area contributed by atoms with E-state index >= 15 is 0 Å². The van der Waals surface area contributed by atoms with E-state index in [4.69, 9.17) is 14.9 Å². The molecule has 1 aliphatic rings. The third-order valence-corrected chi connectivity index (χ3v) is 2.96. The molecule has 0 bridgehead atoms. The van der Waals surface area contributed by atoms with Gasteiger partial charge in [-0.15, -0.1) is 0 Å². The number of rotatable bonds is 6. The second-order valence-corrected chi connectivity index (χ2v) is 5.02. The summed E-state index contributed by atoms with van der Waals surface area (Å²) in [6, 6.07) is 0. The maximum atomic E-state index is 10.5. The van der Waals surface area contributed by atoms with Gasteiger partial charge in [0.1, 0.15) is 6.73 Å². The van der Waals surface area contributed by atoms with Crippen LogP contribution in [0, 0.1) is 0 Å². The Bertz CT molecular complexity index is 239. The second-order valence-electron chi connectivity index (χ2n) is 3.79. The lowest BCUT2D eigenvalue weighted by atomic mass is 10.3. The van der Waals surface area contributed by atoms with Crippen molar-refractivity contribution in [2.45, 2.75) is 6.42 Å². The van der Waals surface area contributed by atoms with Gasteiger partial charge in [-0.1, -0.05) is 0 Å². The van der Waals surface area contributed by atoms with Crippen molar-refractivity contribution in [1.29, 1.82) is 0 Å². The van der Waals surface area contributed by atoms with Crippen molar-refractivity contribution in [2.24, 2.45) is 0 Å². The quantitative estimate of drug-likeness (QED) is 0.526. The lowest BCUT2D eigenvalue weighted by molar-refractivity contribution is 0.0476. The molecule has 0 spiro atoms. The predicted molar refractivity (Wildman–Crippen MR) is 57.7 cm³/mol. The topological polar surface area (TPSA) is 93.5 Å². The molecule has 3 N–H and O–H groups in total. The molecule has 0 saturated carbocycles. The van der Waals surface area contributed by atoms with E-state index < -0.39 is 7.82 Å². The van der Waals surface area contributed by atoms with Crippen LogP contribution in [0.15, 0.2) is 0 Å².